The van der Waals surface area contributed by atoms with Crippen LogP contribution in [0.1, 0.15) is 12.5 Å². The number of hydrogen-bond acceptors (Lipinski definition) is 4. The average molecular weight is 290 g/mol. The van der Waals surface area contributed by atoms with Gasteiger partial charge in [0, 0.05) is 6.54 Å². The predicted octanol–water partition coefficient (Wildman–Crippen LogP) is 2.51. The summed E-state index contributed by atoms with van der Waals surface area (Å²) in [5, 5.41) is 0. The molecule has 0 aliphatic rings. The van der Waals surface area contributed by atoms with E-state index in [4.69, 9.17) is 14.3 Å². The fourth-order valence-corrected chi connectivity index (χ4v) is 1.92. The van der Waals surface area contributed by atoms with Crippen LogP contribution in [0.25, 0.3) is 0 Å². The van der Waals surface area contributed by atoms with Crippen molar-refractivity contribution in [3.05, 3.63) is 22.2 Å². The number of benzene rings is 1. The molecule has 1 rings (SSSR count). The molecule has 0 radical (unpaired) electrons. The van der Waals surface area contributed by atoms with Crippen LogP contribution in [0.4, 0.5) is 0 Å². The quantitative estimate of drug-likeness (QED) is 0.817. The number of hydroxylamine groups is 1. The van der Waals surface area contributed by atoms with Gasteiger partial charge in [-0.2, -0.15) is 5.48 Å². The van der Waals surface area contributed by atoms with Crippen LogP contribution in [-0.2, 0) is 11.4 Å². The summed E-state index contributed by atoms with van der Waals surface area (Å²) in [6.07, 6.45) is 0. The molecule has 0 saturated heterocycles. The molecular formula is C11H16BrNO3. The first kappa shape index (κ1) is 13.3. The van der Waals surface area contributed by atoms with Gasteiger partial charge in [-0.25, -0.2) is 0 Å². The summed E-state index contributed by atoms with van der Waals surface area (Å²) in [6, 6.07) is 3.89. The Kier molecular flexibility index (Phi) is 5.59. The van der Waals surface area contributed by atoms with Gasteiger partial charge in [-0.1, -0.05) is 0 Å². The Balaban J connectivity index is 2.96. The van der Waals surface area contributed by atoms with Crippen molar-refractivity contribution in [1.29, 1.82) is 0 Å². The standard InChI is InChI=1S/C11H16BrNO3/c1-4-16-11-9(12)5-8(7-13-15-3)6-10(11)14-2/h5-6,13H,4,7H2,1-3H3. The Hall–Kier alpha value is -0.780. The maximum Gasteiger partial charge on any atom is 0.175 e. The Morgan fingerprint density at radius 2 is 2.06 bits per heavy atom. The molecule has 0 heterocycles. The maximum atomic E-state index is 5.49. The van der Waals surface area contributed by atoms with Gasteiger partial charge in [-0.15, -0.1) is 0 Å². The number of nitrogens with one attached hydrogen (secondary N) is 1. The first-order valence-corrected chi connectivity index (χ1v) is 5.77. The van der Waals surface area contributed by atoms with Gasteiger partial charge in [0.1, 0.15) is 0 Å². The molecule has 0 amide bonds. The zero-order valence-corrected chi connectivity index (χ0v) is 11.3. The molecule has 0 aliphatic heterocycles. The van der Waals surface area contributed by atoms with Crippen LogP contribution >= 0.6 is 15.9 Å². The molecule has 0 bridgehead atoms. The third kappa shape index (κ3) is 3.37. The molecule has 1 aromatic carbocycles. The Morgan fingerprint density at radius 1 is 1.31 bits per heavy atom. The van der Waals surface area contributed by atoms with Gasteiger partial charge < -0.3 is 14.3 Å². The maximum absolute atomic E-state index is 5.49. The van der Waals surface area contributed by atoms with E-state index in [1.54, 1.807) is 14.2 Å². The fraction of sp³-hybridized carbons (Fsp3) is 0.455. The summed E-state index contributed by atoms with van der Waals surface area (Å²) in [4.78, 5) is 4.80. The summed E-state index contributed by atoms with van der Waals surface area (Å²) in [5.41, 5.74) is 3.83. The molecule has 0 aromatic heterocycles. The normalized spacial score (nSPS) is 10.2. The van der Waals surface area contributed by atoms with E-state index in [2.05, 4.69) is 21.4 Å². The van der Waals surface area contributed by atoms with Crippen molar-refractivity contribution in [2.24, 2.45) is 0 Å². The predicted molar refractivity (Wildman–Crippen MR) is 65.7 cm³/mol. The van der Waals surface area contributed by atoms with Gasteiger partial charge >= 0.3 is 0 Å². The van der Waals surface area contributed by atoms with Crippen molar-refractivity contribution >= 4 is 15.9 Å². The van der Waals surface area contributed by atoms with E-state index in [0.717, 1.165) is 15.8 Å². The molecule has 1 aromatic rings. The molecule has 0 saturated carbocycles. The molecule has 5 heteroatoms. The van der Waals surface area contributed by atoms with E-state index < -0.39 is 0 Å². The van der Waals surface area contributed by atoms with E-state index >= 15 is 0 Å². The van der Waals surface area contributed by atoms with Crippen molar-refractivity contribution in [3.8, 4) is 11.5 Å². The van der Waals surface area contributed by atoms with E-state index in [1.165, 1.54) is 0 Å². The van der Waals surface area contributed by atoms with Crippen molar-refractivity contribution in [1.82, 2.24) is 5.48 Å². The van der Waals surface area contributed by atoms with Crippen molar-refractivity contribution in [2.45, 2.75) is 13.5 Å². The number of ether oxygens (including phenoxy) is 2. The largest absolute Gasteiger partial charge is 0.493 e. The topological polar surface area (TPSA) is 39.7 Å². The average Bonchev–Trinajstić information content (AvgIpc) is 2.29. The second-order valence-electron chi connectivity index (χ2n) is 3.07. The zero-order chi connectivity index (χ0) is 12.0. The number of halogens is 1. The summed E-state index contributed by atoms with van der Waals surface area (Å²) in [6.45, 7) is 3.15. The molecule has 0 atom stereocenters. The molecular weight excluding hydrogens is 274 g/mol. The molecule has 4 nitrogen and oxygen atoms in total. The van der Waals surface area contributed by atoms with E-state index in [9.17, 15) is 0 Å². The molecule has 0 aliphatic carbocycles. The van der Waals surface area contributed by atoms with Gasteiger partial charge in [0.15, 0.2) is 11.5 Å². The van der Waals surface area contributed by atoms with E-state index in [-0.39, 0.29) is 0 Å². The second-order valence-corrected chi connectivity index (χ2v) is 3.92. The first-order chi connectivity index (χ1) is 7.72. The van der Waals surface area contributed by atoms with Crippen molar-refractivity contribution in [3.63, 3.8) is 0 Å². The molecule has 0 spiro atoms. The Labute approximate surface area is 104 Å². The lowest BCUT2D eigenvalue weighted by atomic mass is 10.2. The van der Waals surface area contributed by atoms with Crippen LogP contribution in [0.3, 0.4) is 0 Å². The van der Waals surface area contributed by atoms with Crippen LogP contribution < -0.4 is 15.0 Å². The smallest absolute Gasteiger partial charge is 0.175 e. The lowest BCUT2D eigenvalue weighted by Crippen LogP contribution is -2.11. The fourth-order valence-electron chi connectivity index (χ4n) is 1.32. The van der Waals surface area contributed by atoms with Gasteiger partial charge in [0.05, 0.1) is 25.3 Å². The van der Waals surface area contributed by atoms with E-state index in [1.807, 2.05) is 19.1 Å². The van der Waals surface area contributed by atoms with Crippen LogP contribution in [0.2, 0.25) is 0 Å². The molecule has 16 heavy (non-hydrogen) atoms. The minimum atomic E-state index is 0.602. The van der Waals surface area contributed by atoms with Crippen molar-refractivity contribution in [2.75, 3.05) is 20.8 Å². The third-order valence-electron chi connectivity index (χ3n) is 2.00. The summed E-state index contributed by atoms with van der Waals surface area (Å²) < 4.78 is 11.6. The van der Waals surface area contributed by atoms with Crippen LogP contribution in [0.5, 0.6) is 11.5 Å². The SMILES string of the molecule is CCOc1c(Br)cc(CNOC)cc1OC. The zero-order valence-electron chi connectivity index (χ0n) is 9.67. The molecule has 0 unspecified atom stereocenters. The van der Waals surface area contributed by atoms with Gasteiger partial charge in [0.25, 0.3) is 0 Å². The highest BCUT2D eigenvalue weighted by Gasteiger charge is 2.10. The van der Waals surface area contributed by atoms with Gasteiger partial charge in [0.2, 0.25) is 0 Å². The Bertz CT molecular complexity index is 344. The van der Waals surface area contributed by atoms with Crippen LogP contribution in [0, 0.1) is 0 Å². The minimum Gasteiger partial charge on any atom is -0.493 e. The first-order valence-electron chi connectivity index (χ1n) is 4.98. The number of rotatable bonds is 6. The third-order valence-corrected chi connectivity index (χ3v) is 2.59. The van der Waals surface area contributed by atoms with Gasteiger partial charge in [-0.3, -0.25) is 0 Å². The lowest BCUT2D eigenvalue weighted by Gasteiger charge is -2.13. The summed E-state index contributed by atoms with van der Waals surface area (Å²) in [7, 11) is 3.21. The van der Waals surface area contributed by atoms with Crippen molar-refractivity contribution < 1.29 is 14.3 Å². The molecule has 90 valence electrons. The molecule has 1 N–H and O–H groups in total. The van der Waals surface area contributed by atoms with Crippen LogP contribution in [0.15, 0.2) is 16.6 Å². The highest BCUT2D eigenvalue weighted by molar-refractivity contribution is 9.10. The summed E-state index contributed by atoms with van der Waals surface area (Å²) in [5.74, 6) is 1.44. The number of methoxy groups -OCH3 is 1. The second kappa shape index (κ2) is 6.73. The Morgan fingerprint density at radius 3 is 2.62 bits per heavy atom. The molecule has 0 fully saturated rings. The minimum absolute atomic E-state index is 0.602. The number of hydrogen-bond donors (Lipinski definition) is 1. The highest BCUT2D eigenvalue weighted by atomic mass is 79.9. The lowest BCUT2D eigenvalue weighted by molar-refractivity contribution is 0.0866. The summed E-state index contributed by atoms with van der Waals surface area (Å²) >= 11 is 3.46. The van der Waals surface area contributed by atoms with E-state index in [0.29, 0.717) is 18.9 Å². The monoisotopic (exact) mass is 289 g/mol. The van der Waals surface area contributed by atoms with Gasteiger partial charge in [-0.05, 0) is 40.5 Å². The highest BCUT2D eigenvalue weighted by Crippen LogP contribution is 2.36. The van der Waals surface area contributed by atoms with Crippen LogP contribution in [-0.4, -0.2) is 20.8 Å².